The van der Waals surface area contributed by atoms with Crippen molar-refractivity contribution in [2.75, 3.05) is 7.11 Å². The highest BCUT2D eigenvalue weighted by atomic mass is 16.5. The predicted molar refractivity (Wildman–Crippen MR) is 108 cm³/mol. The smallest absolute Gasteiger partial charge is 0.333 e. The Morgan fingerprint density at radius 1 is 1.17 bits per heavy atom. The molecule has 4 rings (SSSR count). The summed E-state index contributed by atoms with van der Waals surface area (Å²) in [5.74, 6) is -0.150. The highest BCUT2D eigenvalue weighted by molar-refractivity contribution is 5.77. The van der Waals surface area contributed by atoms with Crippen molar-refractivity contribution in [1.82, 2.24) is 23.1 Å². The molecule has 0 spiro atoms. The molecular formula is C20H21N5O4. The molecule has 0 radical (unpaired) electrons. The normalized spacial score (nSPS) is 11.5. The van der Waals surface area contributed by atoms with Crippen molar-refractivity contribution in [3.05, 3.63) is 62.1 Å². The Hall–Kier alpha value is -3.62. The summed E-state index contributed by atoms with van der Waals surface area (Å²) in [4.78, 5) is 42.0. The van der Waals surface area contributed by atoms with E-state index in [-0.39, 0.29) is 11.2 Å². The van der Waals surface area contributed by atoms with Gasteiger partial charge in [0.15, 0.2) is 11.2 Å². The summed E-state index contributed by atoms with van der Waals surface area (Å²) in [6.45, 7) is 5.49. The van der Waals surface area contributed by atoms with E-state index in [4.69, 9.17) is 0 Å². The molecule has 0 N–H and O–H groups in total. The standard InChI is InChI=1S/C20H21N5O4/c1-11-6-7-12(2)14(8-11)25-13(3)9-23-16-17(21-19(23)25)22(4)20(28)24(18(16)27)10-15(26)29-5/h6-9H,10H2,1-5H3. The van der Waals surface area contributed by atoms with Crippen LogP contribution in [0.5, 0.6) is 0 Å². The summed E-state index contributed by atoms with van der Waals surface area (Å²) in [6, 6.07) is 6.12. The number of hydrogen-bond acceptors (Lipinski definition) is 5. The molecule has 3 heterocycles. The second kappa shape index (κ2) is 6.47. The molecule has 150 valence electrons. The lowest BCUT2D eigenvalue weighted by molar-refractivity contribution is -0.141. The molecule has 9 nitrogen and oxygen atoms in total. The van der Waals surface area contributed by atoms with E-state index >= 15 is 0 Å². The first-order valence-corrected chi connectivity index (χ1v) is 9.09. The number of fused-ring (bicyclic) bond motifs is 3. The number of aryl methyl sites for hydroxylation is 4. The number of aromatic nitrogens is 5. The average molecular weight is 395 g/mol. The molecule has 9 heteroatoms. The highest BCUT2D eigenvalue weighted by Crippen LogP contribution is 2.24. The zero-order chi connectivity index (χ0) is 21.0. The third-order valence-electron chi connectivity index (χ3n) is 5.15. The summed E-state index contributed by atoms with van der Waals surface area (Å²) in [5, 5.41) is 0. The Balaban J connectivity index is 2.11. The van der Waals surface area contributed by atoms with Crippen LogP contribution in [0.2, 0.25) is 0 Å². The Labute approximate surface area is 165 Å². The Morgan fingerprint density at radius 3 is 2.59 bits per heavy atom. The topological polar surface area (TPSA) is 92.5 Å². The first kappa shape index (κ1) is 18.7. The molecule has 0 aliphatic heterocycles. The minimum atomic E-state index is -0.673. The van der Waals surface area contributed by atoms with Gasteiger partial charge in [0.25, 0.3) is 5.56 Å². The first-order chi connectivity index (χ1) is 13.7. The number of imidazole rings is 2. The zero-order valence-corrected chi connectivity index (χ0v) is 16.9. The van der Waals surface area contributed by atoms with Crippen LogP contribution in [0.15, 0.2) is 34.0 Å². The first-order valence-electron chi connectivity index (χ1n) is 9.09. The minimum Gasteiger partial charge on any atom is -0.468 e. The summed E-state index contributed by atoms with van der Waals surface area (Å²) in [6.07, 6.45) is 1.81. The minimum absolute atomic E-state index is 0.234. The second-order valence-electron chi connectivity index (χ2n) is 7.16. The number of esters is 1. The van der Waals surface area contributed by atoms with E-state index in [9.17, 15) is 14.4 Å². The largest absolute Gasteiger partial charge is 0.468 e. The van der Waals surface area contributed by atoms with Gasteiger partial charge in [0.2, 0.25) is 5.78 Å². The van der Waals surface area contributed by atoms with Crippen LogP contribution in [0, 0.1) is 20.8 Å². The molecule has 0 fully saturated rings. The average Bonchev–Trinajstić information content (AvgIpc) is 3.20. The van der Waals surface area contributed by atoms with Crippen molar-refractivity contribution < 1.29 is 9.53 Å². The van der Waals surface area contributed by atoms with Crippen LogP contribution in [-0.2, 0) is 23.1 Å². The Morgan fingerprint density at radius 2 is 1.90 bits per heavy atom. The van der Waals surface area contributed by atoms with Gasteiger partial charge >= 0.3 is 11.7 Å². The van der Waals surface area contributed by atoms with Crippen molar-refractivity contribution in [2.24, 2.45) is 7.05 Å². The van der Waals surface area contributed by atoms with Gasteiger partial charge in [0.1, 0.15) is 6.54 Å². The second-order valence-corrected chi connectivity index (χ2v) is 7.16. The van der Waals surface area contributed by atoms with Crippen molar-refractivity contribution in [2.45, 2.75) is 27.3 Å². The molecule has 4 aromatic rings. The molecule has 0 atom stereocenters. The zero-order valence-electron chi connectivity index (χ0n) is 16.9. The van der Waals surface area contributed by atoms with Crippen molar-refractivity contribution in [1.29, 1.82) is 0 Å². The van der Waals surface area contributed by atoms with Crippen molar-refractivity contribution in [3.8, 4) is 5.69 Å². The van der Waals surface area contributed by atoms with Gasteiger partial charge in [0, 0.05) is 18.9 Å². The summed E-state index contributed by atoms with van der Waals surface area (Å²) in [5.41, 5.74) is 3.28. The van der Waals surface area contributed by atoms with E-state index in [0.29, 0.717) is 5.78 Å². The van der Waals surface area contributed by atoms with Gasteiger partial charge in [-0.25, -0.2) is 9.36 Å². The maximum absolute atomic E-state index is 13.1. The van der Waals surface area contributed by atoms with Crippen LogP contribution in [0.3, 0.4) is 0 Å². The number of nitrogens with zero attached hydrogens (tertiary/aromatic N) is 5. The predicted octanol–water partition coefficient (Wildman–Crippen LogP) is 1.24. The van der Waals surface area contributed by atoms with Gasteiger partial charge in [-0.3, -0.25) is 23.1 Å². The number of ether oxygens (including phenoxy) is 1. The fourth-order valence-corrected chi connectivity index (χ4v) is 3.60. The third-order valence-corrected chi connectivity index (χ3v) is 5.15. The molecule has 0 amide bonds. The quantitative estimate of drug-likeness (QED) is 0.487. The molecule has 3 aromatic heterocycles. The highest BCUT2D eigenvalue weighted by Gasteiger charge is 2.22. The van der Waals surface area contributed by atoms with E-state index < -0.39 is 23.8 Å². The lowest BCUT2D eigenvalue weighted by Crippen LogP contribution is -2.41. The van der Waals surface area contributed by atoms with Gasteiger partial charge < -0.3 is 4.74 Å². The van der Waals surface area contributed by atoms with Crippen molar-refractivity contribution in [3.63, 3.8) is 0 Å². The number of carbonyl (C=O) groups is 1. The third kappa shape index (κ3) is 2.69. The van der Waals surface area contributed by atoms with Gasteiger partial charge in [0.05, 0.1) is 12.8 Å². The van der Waals surface area contributed by atoms with Gasteiger partial charge in [-0.1, -0.05) is 12.1 Å². The molecule has 0 aliphatic carbocycles. The summed E-state index contributed by atoms with van der Waals surface area (Å²) in [7, 11) is 2.74. The number of methoxy groups -OCH3 is 1. The molecule has 0 saturated heterocycles. The van der Waals surface area contributed by atoms with E-state index in [1.54, 1.807) is 10.6 Å². The number of hydrogen-bond donors (Lipinski definition) is 0. The maximum Gasteiger partial charge on any atom is 0.333 e. The van der Waals surface area contributed by atoms with Crippen LogP contribution in [0.4, 0.5) is 0 Å². The van der Waals surface area contributed by atoms with Crippen molar-refractivity contribution >= 4 is 22.9 Å². The molecular weight excluding hydrogens is 374 g/mol. The lowest BCUT2D eigenvalue weighted by Gasteiger charge is -2.10. The van der Waals surface area contributed by atoms with Crippen LogP contribution < -0.4 is 11.2 Å². The Bertz CT molecular complexity index is 1420. The number of carbonyl (C=O) groups excluding carboxylic acids is 1. The fraction of sp³-hybridized carbons (Fsp3) is 0.300. The Kier molecular flexibility index (Phi) is 4.18. The van der Waals surface area contributed by atoms with Crippen LogP contribution in [0.1, 0.15) is 16.8 Å². The molecule has 0 unspecified atom stereocenters. The monoisotopic (exact) mass is 395 g/mol. The van der Waals surface area contributed by atoms with Crippen LogP contribution in [0.25, 0.3) is 22.6 Å². The SMILES string of the molecule is COC(=O)Cn1c(=O)c2c(nc3n(-c4cc(C)ccc4C)c(C)cn23)n(C)c1=O. The molecule has 0 saturated carbocycles. The van der Waals surface area contributed by atoms with Gasteiger partial charge in [-0.2, -0.15) is 4.98 Å². The van der Waals surface area contributed by atoms with Gasteiger partial charge in [-0.05, 0) is 38.0 Å². The molecule has 29 heavy (non-hydrogen) atoms. The molecule has 1 aromatic carbocycles. The van der Waals surface area contributed by atoms with E-state index in [1.807, 2.05) is 37.5 Å². The van der Waals surface area contributed by atoms with Gasteiger partial charge in [-0.15, -0.1) is 0 Å². The van der Waals surface area contributed by atoms with Crippen LogP contribution in [-0.4, -0.2) is 36.2 Å². The van der Waals surface area contributed by atoms with E-state index in [0.717, 1.165) is 27.1 Å². The maximum atomic E-state index is 13.1. The number of rotatable bonds is 3. The van der Waals surface area contributed by atoms with E-state index in [1.165, 1.54) is 18.7 Å². The van der Waals surface area contributed by atoms with Crippen LogP contribution >= 0.6 is 0 Å². The fourth-order valence-electron chi connectivity index (χ4n) is 3.60. The molecule has 0 bridgehead atoms. The molecule has 0 aliphatic rings. The van der Waals surface area contributed by atoms with E-state index in [2.05, 4.69) is 15.8 Å². The summed E-state index contributed by atoms with van der Waals surface area (Å²) < 4.78 is 10.4. The number of benzene rings is 1. The lowest BCUT2D eigenvalue weighted by atomic mass is 10.1. The summed E-state index contributed by atoms with van der Waals surface area (Å²) >= 11 is 0.